The fraction of sp³-hybridized carbons (Fsp3) is 1.00. The molecule has 2 saturated heterocycles. The van der Waals surface area contributed by atoms with Gasteiger partial charge < -0.3 is 20.4 Å². The van der Waals surface area contributed by atoms with Gasteiger partial charge in [0.25, 0.3) is 0 Å². The van der Waals surface area contributed by atoms with E-state index in [1.807, 2.05) is 0 Å². The zero-order valence-corrected chi connectivity index (χ0v) is 6.51. The molecule has 0 radical (unpaired) electrons. The maximum absolute atomic E-state index is 9.65. The maximum Gasteiger partial charge on any atom is 0.145 e. The van der Waals surface area contributed by atoms with Crippen LogP contribution in [0.25, 0.3) is 0 Å². The first kappa shape index (κ1) is 8.40. The number of hydrogen-bond donors (Lipinski definition) is 5. The summed E-state index contributed by atoms with van der Waals surface area (Å²) in [6, 6.07) is -0.298. The molecule has 0 aromatic heterocycles. The molecular formula is C7H13NO4. The lowest BCUT2D eigenvalue weighted by Crippen LogP contribution is -2.67. The van der Waals surface area contributed by atoms with Gasteiger partial charge >= 0.3 is 0 Å². The average Bonchev–Trinajstić information content (AvgIpc) is 2.41. The number of piperidine rings is 1. The third-order valence-electron chi connectivity index (χ3n) is 2.85. The van der Waals surface area contributed by atoms with E-state index in [9.17, 15) is 20.4 Å². The van der Waals surface area contributed by atoms with Crippen LogP contribution >= 0.6 is 0 Å². The van der Waals surface area contributed by atoms with E-state index in [1.54, 1.807) is 0 Å². The Morgan fingerprint density at radius 1 is 1.17 bits per heavy atom. The number of aliphatic hydroxyl groups is 4. The predicted octanol–water partition coefficient (Wildman–Crippen LogP) is -2.48. The highest BCUT2D eigenvalue weighted by Gasteiger charge is 2.55. The molecule has 0 aromatic carbocycles. The molecule has 2 aliphatic heterocycles. The lowest BCUT2D eigenvalue weighted by atomic mass is 9.94. The van der Waals surface area contributed by atoms with Crippen molar-refractivity contribution < 1.29 is 20.4 Å². The van der Waals surface area contributed by atoms with E-state index in [2.05, 4.69) is 5.32 Å². The average molecular weight is 175 g/mol. The maximum atomic E-state index is 9.65. The van der Waals surface area contributed by atoms with Gasteiger partial charge in [0.15, 0.2) is 0 Å². The number of rotatable bonds is 0. The lowest BCUT2D eigenvalue weighted by Gasteiger charge is -2.40. The largest absolute Gasteiger partial charge is 0.389 e. The molecular weight excluding hydrogens is 162 g/mol. The van der Waals surface area contributed by atoms with Crippen LogP contribution in [0.4, 0.5) is 0 Å². The third-order valence-corrected chi connectivity index (χ3v) is 2.85. The molecule has 2 rings (SSSR count). The third kappa shape index (κ3) is 0.915. The molecule has 0 amide bonds. The number of nitrogens with one attached hydrogen (secondary N) is 1. The Bertz CT molecular complexity index is 200. The molecule has 5 nitrogen and oxygen atoms in total. The monoisotopic (exact) mass is 175 g/mol. The van der Waals surface area contributed by atoms with E-state index >= 15 is 0 Å². The molecule has 70 valence electrons. The van der Waals surface area contributed by atoms with E-state index in [-0.39, 0.29) is 6.04 Å². The van der Waals surface area contributed by atoms with E-state index in [1.165, 1.54) is 0 Å². The minimum Gasteiger partial charge on any atom is -0.389 e. The van der Waals surface area contributed by atoms with Crippen molar-refractivity contribution in [2.24, 2.45) is 0 Å². The Hall–Kier alpha value is -0.200. The zero-order chi connectivity index (χ0) is 8.93. The highest BCUT2D eigenvalue weighted by Crippen LogP contribution is 2.34. The Morgan fingerprint density at radius 2 is 1.83 bits per heavy atom. The molecule has 2 bridgehead atoms. The van der Waals surface area contributed by atoms with Crippen LogP contribution in [0.1, 0.15) is 12.8 Å². The molecule has 12 heavy (non-hydrogen) atoms. The van der Waals surface area contributed by atoms with Gasteiger partial charge in [-0.05, 0) is 12.8 Å². The molecule has 5 heteroatoms. The van der Waals surface area contributed by atoms with Gasteiger partial charge in [-0.15, -0.1) is 0 Å². The second kappa shape index (κ2) is 2.40. The van der Waals surface area contributed by atoms with Crippen LogP contribution in [-0.2, 0) is 0 Å². The predicted molar refractivity (Wildman–Crippen MR) is 39.1 cm³/mol. The second-order valence-electron chi connectivity index (χ2n) is 3.64. The molecule has 0 unspecified atom stereocenters. The first-order valence-electron chi connectivity index (χ1n) is 4.09. The minimum absolute atomic E-state index is 0.298. The van der Waals surface area contributed by atoms with E-state index < -0.39 is 24.0 Å². The Labute approximate surface area is 69.6 Å². The van der Waals surface area contributed by atoms with Crippen LogP contribution in [0.5, 0.6) is 0 Å². The molecule has 0 saturated carbocycles. The highest BCUT2D eigenvalue weighted by molar-refractivity contribution is 5.07. The minimum atomic E-state index is -1.40. The molecule has 5 atom stereocenters. The molecule has 5 N–H and O–H groups in total. The second-order valence-corrected chi connectivity index (χ2v) is 3.64. The first-order chi connectivity index (χ1) is 5.54. The Kier molecular flexibility index (Phi) is 1.68. The summed E-state index contributed by atoms with van der Waals surface area (Å²) in [5, 5.41) is 40.4. The van der Waals surface area contributed by atoms with Gasteiger partial charge in [-0.2, -0.15) is 0 Å². The van der Waals surface area contributed by atoms with Crippen molar-refractivity contribution in [1.82, 2.24) is 5.32 Å². The summed E-state index contributed by atoms with van der Waals surface area (Å²) in [5.74, 6) is 0. The molecule has 0 spiro atoms. The van der Waals surface area contributed by atoms with Gasteiger partial charge in [0.2, 0.25) is 0 Å². The zero-order valence-electron chi connectivity index (χ0n) is 6.51. The van der Waals surface area contributed by atoms with Gasteiger partial charge in [0, 0.05) is 6.04 Å². The van der Waals surface area contributed by atoms with Gasteiger partial charge in [-0.3, -0.25) is 5.32 Å². The highest BCUT2D eigenvalue weighted by atomic mass is 16.4. The van der Waals surface area contributed by atoms with Gasteiger partial charge in [-0.1, -0.05) is 0 Å². The molecule has 2 heterocycles. The topological polar surface area (TPSA) is 93.0 Å². The molecule has 0 aliphatic carbocycles. The van der Waals surface area contributed by atoms with Crippen LogP contribution in [0, 0.1) is 0 Å². The molecule has 0 aromatic rings. The SMILES string of the molecule is O[C@@H]1[C@H](O)[C@H]2CC[C@](O)(N2)[C@H]1O. The summed E-state index contributed by atoms with van der Waals surface area (Å²) in [5.41, 5.74) is -1.40. The van der Waals surface area contributed by atoms with Crippen LogP contribution in [-0.4, -0.2) is 50.5 Å². The standard InChI is InChI=1S/C7H13NO4/c9-4-3-1-2-7(12,8-3)6(11)5(4)10/h3-6,8-12H,1-2H2/t3-,4-,5-,6+,7-/m1/s1. The Balaban J connectivity index is 2.25. The fourth-order valence-corrected chi connectivity index (χ4v) is 2.04. The Morgan fingerprint density at radius 3 is 2.50 bits per heavy atom. The van der Waals surface area contributed by atoms with Crippen molar-refractivity contribution in [3.8, 4) is 0 Å². The molecule has 2 aliphatic rings. The van der Waals surface area contributed by atoms with Gasteiger partial charge in [0.05, 0.1) is 6.10 Å². The van der Waals surface area contributed by atoms with Crippen molar-refractivity contribution >= 4 is 0 Å². The summed E-state index contributed by atoms with van der Waals surface area (Å²) >= 11 is 0. The van der Waals surface area contributed by atoms with Crippen molar-refractivity contribution in [1.29, 1.82) is 0 Å². The summed E-state index contributed by atoms with van der Waals surface area (Å²) in [4.78, 5) is 0. The quantitative estimate of drug-likeness (QED) is 0.281. The van der Waals surface area contributed by atoms with Crippen molar-refractivity contribution in [3.63, 3.8) is 0 Å². The number of aliphatic hydroxyl groups excluding tert-OH is 3. The van der Waals surface area contributed by atoms with E-state index in [0.717, 1.165) is 0 Å². The normalized spacial score (nSPS) is 59.0. The van der Waals surface area contributed by atoms with Crippen molar-refractivity contribution in [3.05, 3.63) is 0 Å². The van der Waals surface area contributed by atoms with Crippen molar-refractivity contribution in [2.75, 3.05) is 0 Å². The van der Waals surface area contributed by atoms with E-state index in [4.69, 9.17) is 0 Å². The summed E-state index contributed by atoms with van der Waals surface area (Å²) in [6.45, 7) is 0. The lowest BCUT2D eigenvalue weighted by molar-refractivity contribution is -0.186. The van der Waals surface area contributed by atoms with Crippen LogP contribution in [0.3, 0.4) is 0 Å². The smallest absolute Gasteiger partial charge is 0.145 e. The van der Waals surface area contributed by atoms with E-state index in [0.29, 0.717) is 12.8 Å². The molecule has 2 fully saturated rings. The first-order valence-corrected chi connectivity index (χ1v) is 4.09. The number of hydrogen-bond acceptors (Lipinski definition) is 5. The van der Waals surface area contributed by atoms with Crippen LogP contribution in [0.15, 0.2) is 0 Å². The summed E-state index contributed by atoms with van der Waals surface area (Å²) in [7, 11) is 0. The fourth-order valence-electron chi connectivity index (χ4n) is 2.04. The van der Waals surface area contributed by atoms with Crippen LogP contribution in [0.2, 0.25) is 0 Å². The van der Waals surface area contributed by atoms with Gasteiger partial charge in [-0.25, -0.2) is 0 Å². The number of fused-ring (bicyclic) bond motifs is 2. The summed E-state index contributed by atoms with van der Waals surface area (Å²) in [6.07, 6.45) is -2.59. The van der Waals surface area contributed by atoms with Crippen LogP contribution < -0.4 is 5.32 Å². The van der Waals surface area contributed by atoms with Gasteiger partial charge in [0.1, 0.15) is 17.9 Å². The van der Waals surface area contributed by atoms with Crippen molar-refractivity contribution in [2.45, 2.75) is 42.9 Å². The summed E-state index contributed by atoms with van der Waals surface area (Å²) < 4.78 is 0.